The standard InChI is InChI=1S/C16H24FNO/c1-11-6-14(9-16(2,3)8-11)19-10-12-4-5-13(17)7-15(12)18/h4-5,7,11,14H,6,8-10,18H2,1-3H3. The normalized spacial score (nSPS) is 26.3. The summed E-state index contributed by atoms with van der Waals surface area (Å²) < 4.78 is 19.0. The third-order valence-corrected chi connectivity index (χ3v) is 3.93. The first-order valence-electron chi connectivity index (χ1n) is 7.01. The van der Waals surface area contributed by atoms with Gasteiger partial charge in [0, 0.05) is 11.3 Å². The van der Waals surface area contributed by atoms with Crippen molar-refractivity contribution in [2.24, 2.45) is 11.3 Å². The van der Waals surface area contributed by atoms with Crippen LogP contribution in [0.2, 0.25) is 0 Å². The molecule has 19 heavy (non-hydrogen) atoms. The fraction of sp³-hybridized carbons (Fsp3) is 0.625. The summed E-state index contributed by atoms with van der Waals surface area (Å²) in [5, 5.41) is 0. The van der Waals surface area contributed by atoms with Gasteiger partial charge in [0.05, 0.1) is 12.7 Å². The number of anilines is 1. The average Bonchev–Trinajstić information content (AvgIpc) is 2.25. The Balaban J connectivity index is 1.95. The molecule has 1 fully saturated rings. The number of nitrogens with two attached hydrogens (primary N) is 1. The van der Waals surface area contributed by atoms with E-state index in [-0.39, 0.29) is 11.9 Å². The van der Waals surface area contributed by atoms with E-state index in [0.29, 0.717) is 23.6 Å². The Labute approximate surface area is 115 Å². The largest absolute Gasteiger partial charge is 0.398 e. The highest BCUT2D eigenvalue weighted by Gasteiger charge is 2.32. The molecule has 0 amide bonds. The van der Waals surface area contributed by atoms with E-state index < -0.39 is 0 Å². The molecule has 0 spiro atoms. The smallest absolute Gasteiger partial charge is 0.125 e. The number of nitrogen functional groups attached to an aromatic ring is 1. The van der Waals surface area contributed by atoms with E-state index >= 15 is 0 Å². The average molecular weight is 265 g/mol. The maximum Gasteiger partial charge on any atom is 0.125 e. The summed E-state index contributed by atoms with van der Waals surface area (Å²) in [6, 6.07) is 4.50. The predicted molar refractivity (Wildman–Crippen MR) is 76.2 cm³/mol. The first-order chi connectivity index (χ1) is 8.85. The van der Waals surface area contributed by atoms with Crippen LogP contribution in [-0.2, 0) is 11.3 Å². The van der Waals surface area contributed by atoms with Gasteiger partial charge in [-0.2, -0.15) is 0 Å². The van der Waals surface area contributed by atoms with Crippen LogP contribution in [0.1, 0.15) is 45.6 Å². The molecule has 2 atom stereocenters. The second-order valence-electron chi connectivity index (χ2n) is 6.69. The van der Waals surface area contributed by atoms with Crippen LogP contribution in [0.5, 0.6) is 0 Å². The van der Waals surface area contributed by atoms with Gasteiger partial charge >= 0.3 is 0 Å². The van der Waals surface area contributed by atoms with Crippen LogP contribution in [0, 0.1) is 17.2 Å². The zero-order valence-electron chi connectivity index (χ0n) is 12.1. The second kappa shape index (κ2) is 5.49. The maximum absolute atomic E-state index is 13.0. The quantitative estimate of drug-likeness (QED) is 0.834. The Morgan fingerprint density at radius 3 is 2.74 bits per heavy atom. The molecular weight excluding hydrogens is 241 g/mol. The zero-order chi connectivity index (χ0) is 14.0. The van der Waals surface area contributed by atoms with Crippen molar-refractivity contribution in [1.29, 1.82) is 0 Å². The zero-order valence-corrected chi connectivity index (χ0v) is 12.1. The fourth-order valence-electron chi connectivity index (χ4n) is 3.29. The van der Waals surface area contributed by atoms with Crippen molar-refractivity contribution >= 4 is 5.69 Å². The molecule has 2 nitrogen and oxygen atoms in total. The molecule has 0 radical (unpaired) electrons. The molecule has 0 bridgehead atoms. The van der Waals surface area contributed by atoms with Crippen LogP contribution in [0.25, 0.3) is 0 Å². The molecule has 3 heteroatoms. The van der Waals surface area contributed by atoms with Crippen molar-refractivity contribution in [3.05, 3.63) is 29.6 Å². The summed E-state index contributed by atoms with van der Waals surface area (Å²) in [6.45, 7) is 7.35. The van der Waals surface area contributed by atoms with E-state index in [1.165, 1.54) is 18.6 Å². The number of hydrogen-bond acceptors (Lipinski definition) is 2. The number of benzene rings is 1. The highest BCUT2D eigenvalue weighted by atomic mass is 19.1. The van der Waals surface area contributed by atoms with Gasteiger partial charge in [-0.15, -0.1) is 0 Å². The fourth-order valence-corrected chi connectivity index (χ4v) is 3.29. The maximum atomic E-state index is 13.0. The van der Waals surface area contributed by atoms with Crippen molar-refractivity contribution in [2.45, 2.75) is 52.7 Å². The monoisotopic (exact) mass is 265 g/mol. The van der Waals surface area contributed by atoms with E-state index in [9.17, 15) is 4.39 Å². The number of rotatable bonds is 3. The molecule has 1 saturated carbocycles. The molecule has 2 rings (SSSR count). The molecule has 1 aliphatic rings. The first-order valence-corrected chi connectivity index (χ1v) is 7.01. The number of ether oxygens (including phenoxy) is 1. The second-order valence-corrected chi connectivity index (χ2v) is 6.69. The lowest BCUT2D eigenvalue weighted by atomic mass is 9.71. The topological polar surface area (TPSA) is 35.2 Å². The lowest BCUT2D eigenvalue weighted by Gasteiger charge is -2.38. The molecule has 106 valence electrons. The lowest BCUT2D eigenvalue weighted by Crippen LogP contribution is -2.32. The van der Waals surface area contributed by atoms with Crippen LogP contribution in [0.15, 0.2) is 18.2 Å². The highest BCUT2D eigenvalue weighted by molar-refractivity contribution is 5.46. The van der Waals surface area contributed by atoms with E-state index in [2.05, 4.69) is 20.8 Å². The summed E-state index contributed by atoms with van der Waals surface area (Å²) in [4.78, 5) is 0. The first kappa shape index (κ1) is 14.3. The Hall–Kier alpha value is -1.09. The molecule has 0 saturated heterocycles. The van der Waals surface area contributed by atoms with E-state index in [0.717, 1.165) is 18.4 Å². The minimum absolute atomic E-state index is 0.281. The van der Waals surface area contributed by atoms with Gasteiger partial charge < -0.3 is 10.5 Å². The molecule has 1 aromatic carbocycles. The third kappa shape index (κ3) is 3.93. The van der Waals surface area contributed by atoms with E-state index in [1.54, 1.807) is 6.07 Å². The predicted octanol–water partition coefficient (Wildman–Crippen LogP) is 4.14. The minimum atomic E-state index is -0.298. The summed E-state index contributed by atoms with van der Waals surface area (Å²) in [5.74, 6) is 0.396. The van der Waals surface area contributed by atoms with Crippen LogP contribution >= 0.6 is 0 Å². The number of halogens is 1. The number of hydrogen-bond donors (Lipinski definition) is 1. The van der Waals surface area contributed by atoms with Gasteiger partial charge in [-0.1, -0.05) is 26.8 Å². The summed E-state index contributed by atoms with van der Waals surface area (Å²) >= 11 is 0. The third-order valence-electron chi connectivity index (χ3n) is 3.93. The summed E-state index contributed by atoms with van der Waals surface area (Å²) in [7, 11) is 0. The Kier molecular flexibility index (Phi) is 4.14. The van der Waals surface area contributed by atoms with E-state index in [1.807, 2.05) is 0 Å². The van der Waals surface area contributed by atoms with Crippen molar-refractivity contribution < 1.29 is 9.13 Å². The highest BCUT2D eigenvalue weighted by Crippen LogP contribution is 2.40. The van der Waals surface area contributed by atoms with Crippen LogP contribution in [0.3, 0.4) is 0 Å². The molecule has 1 aliphatic carbocycles. The van der Waals surface area contributed by atoms with Crippen molar-refractivity contribution in [2.75, 3.05) is 5.73 Å². The van der Waals surface area contributed by atoms with Crippen molar-refractivity contribution in [3.63, 3.8) is 0 Å². The van der Waals surface area contributed by atoms with Gasteiger partial charge in [0.25, 0.3) is 0 Å². The van der Waals surface area contributed by atoms with Crippen LogP contribution in [-0.4, -0.2) is 6.10 Å². The van der Waals surface area contributed by atoms with Gasteiger partial charge in [0.1, 0.15) is 5.82 Å². The lowest BCUT2D eigenvalue weighted by molar-refractivity contribution is -0.0314. The molecular formula is C16H24FNO. The molecule has 2 unspecified atom stereocenters. The summed E-state index contributed by atoms with van der Waals surface area (Å²) in [5.41, 5.74) is 7.49. The van der Waals surface area contributed by atoms with Crippen molar-refractivity contribution in [1.82, 2.24) is 0 Å². The molecule has 0 heterocycles. The Morgan fingerprint density at radius 1 is 1.37 bits per heavy atom. The SMILES string of the molecule is CC1CC(OCc2ccc(F)cc2N)CC(C)(C)C1. The van der Waals surface area contributed by atoms with Gasteiger partial charge in [-0.3, -0.25) is 0 Å². The minimum Gasteiger partial charge on any atom is -0.398 e. The van der Waals surface area contributed by atoms with Gasteiger partial charge in [-0.25, -0.2) is 4.39 Å². The molecule has 0 aliphatic heterocycles. The molecule has 2 N–H and O–H groups in total. The molecule has 1 aromatic rings. The van der Waals surface area contributed by atoms with E-state index in [4.69, 9.17) is 10.5 Å². The van der Waals surface area contributed by atoms with Gasteiger partial charge in [0.15, 0.2) is 0 Å². The summed E-state index contributed by atoms with van der Waals surface area (Å²) in [6.07, 6.45) is 3.72. The van der Waals surface area contributed by atoms with Crippen molar-refractivity contribution in [3.8, 4) is 0 Å². The van der Waals surface area contributed by atoms with Gasteiger partial charge in [0.2, 0.25) is 0 Å². The Bertz CT molecular complexity index is 444. The van der Waals surface area contributed by atoms with Crippen LogP contribution in [0.4, 0.5) is 10.1 Å². The Morgan fingerprint density at radius 2 is 2.11 bits per heavy atom. The van der Waals surface area contributed by atoms with Crippen LogP contribution < -0.4 is 5.73 Å². The van der Waals surface area contributed by atoms with Gasteiger partial charge in [-0.05, 0) is 42.7 Å². The molecule has 0 aromatic heterocycles.